The number of fused-ring (bicyclic) bond motifs is 1. The minimum Gasteiger partial charge on any atom is -0.338 e. The van der Waals surface area contributed by atoms with E-state index in [1.54, 1.807) is 31.3 Å². The quantitative estimate of drug-likeness (QED) is 0.597. The van der Waals surface area contributed by atoms with Crippen LogP contribution in [0.3, 0.4) is 0 Å². The van der Waals surface area contributed by atoms with Gasteiger partial charge in [-0.25, -0.2) is 22.0 Å². The van der Waals surface area contributed by atoms with E-state index in [9.17, 15) is 26.8 Å². The monoisotopic (exact) mass is 450 g/mol. The van der Waals surface area contributed by atoms with Crippen LogP contribution >= 0.6 is 0 Å². The number of halogens is 2. The minimum absolute atomic E-state index is 0.0610. The number of piperazine rings is 1. The Balaban J connectivity index is 1.48. The number of nitrogens with zero attached hydrogens (tertiary/aromatic N) is 4. The Kier molecular flexibility index (Phi) is 5.40. The molecule has 11 heteroatoms. The maximum atomic E-state index is 14.0. The van der Waals surface area contributed by atoms with Crippen LogP contribution in [-0.2, 0) is 28.4 Å². The summed E-state index contributed by atoms with van der Waals surface area (Å²) in [6, 6.07) is 9.38. The molecule has 0 unspecified atom stereocenters. The molecule has 4 rings (SSSR count). The van der Waals surface area contributed by atoms with Crippen molar-refractivity contribution in [2.45, 2.75) is 11.4 Å². The summed E-state index contributed by atoms with van der Waals surface area (Å²) in [6.45, 7) is -0.141. The van der Waals surface area contributed by atoms with E-state index in [-0.39, 0.29) is 44.3 Å². The van der Waals surface area contributed by atoms with Crippen LogP contribution in [0, 0.1) is 11.6 Å². The number of carbonyl (C=O) groups is 1. The maximum absolute atomic E-state index is 14.0. The van der Waals surface area contributed by atoms with Crippen LogP contribution in [0.1, 0.15) is 0 Å². The van der Waals surface area contributed by atoms with Crippen LogP contribution in [0.2, 0.25) is 0 Å². The summed E-state index contributed by atoms with van der Waals surface area (Å²) in [7, 11) is -2.61. The first-order valence-electron chi connectivity index (χ1n) is 9.57. The van der Waals surface area contributed by atoms with Crippen molar-refractivity contribution in [3.63, 3.8) is 0 Å². The second-order valence-electron chi connectivity index (χ2n) is 7.28. The fraction of sp³-hybridized carbons (Fsp3) is 0.300. The molecule has 8 nitrogen and oxygen atoms in total. The van der Waals surface area contributed by atoms with Crippen molar-refractivity contribution in [1.29, 1.82) is 0 Å². The summed E-state index contributed by atoms with van der Waals surface area (Å²) < 4.78 is 56.6. The number of aryl methyl sites for hydroxylation is 1. The maximum Gasteiger partial charge on any atom is 0.329 e. The van der Waals surface area contributed by atoms with Gasteiger partial charge >= 0.3 is 5.69 Å². The smallest absolute Gasteiger partial charge is 0.329 e. The van der Waals surface area contributed by atoms with Crippen LogP contribution < -0.4 is 5.69 Å². The van der Waals surface area contributed by atoms with Crippen LogP contribution in [0.15, 0.2) is 52.2 Å². The Hall–Kier alpha value is -3.05. The Morgan fingerprint density at radius 2 is 1.65 bits per heavy atom. The third-order valence-corrected chi connectivity index (χ3v) is 7.36. The van der Waals surface area contributed by atoms with E-state index in [0.29, 0.717) is 17.1 Å². The van der Waals surface area contributed by atoms with Gasteiger partial charge in [-0.3, -0.25) is 13.9 Å². The molecule has 2 heterocycles. The lowest BCUT2D eigenvalue weighted by molar-refractivity contribution is -0.133. The highest BCUT2D eigenvalue weighted by Crippen LogP contribution is 2.22. The molecule has 0 saturated carbocycles. The van der Waals surface area contributed by atoms with Gasteiger partial charge in [-0.05, 0) is 30.3 Å². The fourth-order valence-electron chi connectivity index (χ4n) is 3.74. The number of para-hydroxylation sites is 2. The van der Waals surface area contributed by atoms with Crippen LogP contribution in [0.5, 0.6) is 0 Å². The molecule has 0 N–H and O–H groups in total. The standard InChI is InChI=1S/C20H20F2N4O4S/c1-23-16-4-2-3-5-17(16)26(20(23)28)13-19(27)24-8-10-25(11-9-24)31(29,30)18-12-14(21)6-7-15(18)22/h2-7,12H,8-11,13H2,1H3. The summed E-state index contributed by atoms with van der Waals surface area (Å²) in [5.74, 6) is -2.21. The molecule has 1 amide bonds. The predicted octanol–water partition coefficient (Wildman–Crippen LogP) is 1.15. The van der Waals surface area contributed by atoms with E-state index >= 15 is 0 Å². The zero-order chi connectivity index (χ0) is 22.3. The van der Waals surface area contributed by atoms with E-state index < -0.39 is 26.6 Å². The number of rotatable bonds is 4. The van der Waals surface area contributed by atoms with Crippen LogP contribution in [-0.4, -0.2) is 58.8 Å². The van der Waals surface area contributed by atoms with E-state index in [0.717, 1.165) is 16.4 Å². The number of sulfonamides is 1. The van der Waals surface area contributed by atoms with Crippen molar-refractivity contribution in [1.82, 2.24) is 18.3 Å². The van der Waals surface area contributed by atoms with Crippen molar-refractivity contribution >= 4 is 27.0 Å². The third-order valence-electron chi connectivity index (χ3n) is 5.45. The topological polar surface area (TPSA) is 84.6 Å². The predicted molar refractivity (Wildman–Crippen MR) is 109 cm³/mol. The molecule has 1 aromatic heterocycles. The molecule has 1 aliphatic rings. The molecule has 2 aromatic carbocycles. The zero-order valence-electron chi connectivity index (χ0n) is 16.7. The highest BCUT2D eigenvalue weighted by Gasteiger charge is 2.32. The average Bonchev–Trinajstić information content (AvgIpc) is 3.00. The molecule has 0 spiro atoms. The number of benzene rings is 2. The molecule has 164 valence electrons. The summed E-state index contributed by atoms with van der Waals surface area (Å²) in [4.78, 5) is 26.0. The van der Waals surface area contributed by atoms with E-state index in [1.807, 2.05) is 0 Å². The molecule has 1 fully saturated rings. The van der Waals surface area contributed by atoms with E-state index in [2.05, 4.69) is 0 Å². The lowest BCUT2D eigenvalue weighted by Crippen LogP contribution is -2.51. The van der Waals surface area contributed by atoms with Crippen molar-refractivity contribution in [3.8, 4) is 0 Å². The molecule has 1 aliphatic heterocycles. The van der Waals surface area contributed by atoms with Gasteiger partial charge in [0, 0.05) is 33.2 Å². The first kappa shape index (κ1) is 21.2. The Labute approximate surface area is 177 Å². The van der Waals surface area contributed by atoms with Crippen LogP contribution in [0.25, 0.3) is 11.0 Å². The molecule has 31 heavy (non-hydrogen) atoms. The molecule has 0 bridgehead atoms. The van der Waals surface area contributed by atoms with Crippen molar-refractivity contribution < 1.29 is 22.0 Å². The molecular weight excluding hydrogens is 430 g/mol. The van der Waals surface area contributed by atoms with Gasteiger partial charge in [0.25, 0.3) is 0 Å². The molecule has 3 aromatic rings. The number of carbonyl (C=O) groups excluding carboxylic acids is 1. The largest absolute Gasteiger partial charge is 0.338 e. The molecule has 1 saturated heterocycles. The highest BCUT2D eigenvalue weighted by atomic mass is 32.2. The van der Waals surface area contributed by atoms with E-state index in [1.165, 1.54) is 14.0 Å². The fourth-order valence-corrected chi connectivity index (χ4v) is 5.24. The van der Waals surface area contributed by atoms with Gasteiger partial charge < -0.3 is 4.90 Å². The number of amides is 1. The van der Waals surface area contributed by atoms with Gasteiger partial charge in [-0.2, -0.15) is 4.31 Å². The normalized spacial score (nSPS) is 15.5. The van der Waals surface area contributed by atoms with Crippen molar-refractivity contribution in [2.24, 2.45) is 7.05 Å². The number of aromatic nitrogens is 2. The molecule has 0 radical (unpaired) electrons. The summed E-state index contributed by atoms with van der Waals surface area (Å²) >= 11 is 0. The van der Waals surface area contributed by atoms with Crippen LogP contribution in [0.4, 0.5) is 8.78 Å². The highest BCUT2D eigenvalue weighted by molar-refractivity contribution is 7.89. The number of imidazole rings is 1. The van der Waals surface area contributed by atoms with Gasteiger partial charge in [-0.1, -0.05) is 12.1 Å². The lowest BCUT2D eigenvalue weighted by atomic mass is 10.3. The van der Waals surface area contributed by atoms with Gasteiger partial charge in [0.15, 0.2) is 0 Å². The Morgan fingerprint density at radius 3 is 2.32 bits per heavy atom. The van der Waals surface area contributed by atoms with E-state index in [4.69, 9.17) is 0 Å². The summed E-state index contributed by atoms with van der Waals surface area (Å²) in [6.07, 6.45) is 0. The number of hydrogen-bond acceptors (Lipinski definition) is 4. The van der Waals surface area contributed by atoms with Gasteiger partial charge in [0.2, 0.25) is 15.9 Å². The van der Waals surface area contributed by atoms with Crippen molar-refractivity contribution in [3.05, 3.63) is 64.6 Å². The lowest BCUT2D eigenvalue weighted by Gasteiger charge is -2.34. The molecule has 0 atom stereocenters. The van der Waals surface area contributed by atoms with Gasteiger partial charge in [0.1, 0.15) is 23.1 Å². The number of hydrogen-bond donors (Lipinski definition) is 0. The van der Waals surface area contributed by atoms with Gasteiger partial charge in [-0.15, -0.1) is 0 Å². The molecular formula is C20H20F2N4O4S. The third kappa shape index (κ3) is 3.74. The second kappa shape index (κ2) is 7.89. The molecule has 0 aliphatic carbocycles. The first-order valence-corrected chi connectivity index (χ1v) is 11.0. The first-order chi connectivity index (χ1) is 14.7. The van der Waals surface area contributed by atoms with Gasteiger partial charge in [0.05, 0.1) is 11.0 Å². The average molecular weight is 450 g/mol. The zero-order valence-corrected chi connectivity index (χ0v) is 17.5. The summed E-state index contributed by atoms with van der Waals surface area (Å²) in [5.41, 5.74) is 1.01. The Morgan fingerprint density at radius 1 is 1.00 bits per heavy atom. The second-order valence-corrected chi connectivity index (χ2v) is 9.18. The Bertz CT molecular complexity index is 1320. The minimum atomic E-state index is -4.23. The summed E-state index contributed by atoms with van der Waals surface area (Å²) in [5, 5.41) is 0. The SMILES string of the molecule is Cn1c(=O)n(CC(=O)N2CCN(S(=O)(=O)c3cc(F)ccc3F)CC2)c2ccccc21. The van der Waals surface area contributed by atoms with Crippen molar-refractivity contribution in [2.75, 3.05) is 26.2 Å².